The zero-order chi connectivity index (χ0) is 18.8. The molecule has 1 N–H and O–H groups in total. The van der Waals surface area contributed by atoms with Gasteiger partial charge in [0.2, 0.25) is 11.6 Å². The van der Waals surface area contributed by atoms with E-state index in [4.69, 9.17) is 0 Å². The molecule has 1 aliphatic rings. The van der Waals surface area contributed by atoms with Crippen molar-refractivity contribution in [2.75, 3.05) is 20.2 Å². The third kappa shape index (κ3) is 3.58. The van der Waals surface area contributed by atoms with E-state index >= 15 is 0 Å². The number of piperidine rings is 1. The molecule has 0 saturated carbocycles. The fourth-order valence-corrected chi connectivity index (χ4v) is 4.12. The highest BCUT2D eigenvalue weighted by Crippen LogP contribution is 2.35. The first kappa shape index (κ1) is 19.1. The number of nitrogens with zero attached hydrogens (tertiary/aromatic N) is 1. The van der Waals surface area contributed by atoms with Crippen LogP contribution in [0.2, 0.25) is 0 Å². The third-order valence-corrected chi connectivity index (χ3v) is 5.76. The topological polar surface area (TPSA) is 32.7 Å². The van der Waals surface area contributed by atoms with Gasteiger partial charge >= 0.3 is 0 Å². The van der Waals surface area contributed by atoms with E-state index in [1.807, 2.05) is 17.5 Å². The van der Waals surface area contributed by atoms with Gasteiger partial charge < -0.3 is 9.84 Å². The summed E-state index contributed by atoms with van der Waals surface area (Å²) in [4.78, 5) is 2.62. The summed E-state index contributed by atoms with van der Waals surface area (Å²) in [6.07, 6.45) is 0.689. The van der Waals surface area contributed by atoms with Crippen LogP contribution >= 0.6 is 11.3 Å². The first-order valence-corrected chi connectivity index (χ1v) is 9.14. The smallest absolute Gasteiger partial charge is 0.204 e. The number of likely N-dealkylation sites (tertiary alicyclic amines) is 1. The maximum absolute atomic E-state index is 14.1. The molecule has 1 aliphatic heterocycles. The predicted octanol–water partition coefficient (Wildman–Crippen LogP) is 4.26. The Bertz CT molecular complexity index is 732. The fourth-order valence-electron chi connectivity index (χ4n) is 3.32. The van der Waals surface area contributed by atoms with Crippen LogP contribution in [0.5, 0.6) is 5.75 Å². The Morgan fingerprint density at radius 3 is 2.27 bits per heavy atom. The Balaban J connectivity index is 1.68. The molecule has 1 saturated heterocycles. The Labute approximate surface area is 152 Å². The van der Waals surface area contributed by atoms with Crippen molar-refractivity contribution in [1.82, 2.24) is 4.90 Å². The molecule has 3 rings (SSSR count). The van der Waals surface area contributed by atoms with Gasteiger partial charge in [0.25, 0.3) is 0 Å². The van der Waals surface area contributed by atoms with E-state index in [9.17, 15) is 22.7 Å². The van der Waals surface area contributed by atoms with Gasteiger partial charge in [0, 0.05) is 17.0 Å². The number of aliphatic hydroxyl groups is 1. The monoisotopic (exact) mass is 389 g/mol. The van der Waals surface area contributed by atoms with Gasteiger partial charge in [-0.25, -0.2) is 8.78 Å². The van der Waals surface area contributed by atoms with Gasteiger partial charge in [0.1, 0.15) is 0 Å². The molecule has 1 fully saturated rings. The molecule has 2 aromatic rings. The van der Waals surface area contributed by atoms with Crippen molar-refractivity contribution >= 4 is 11.3 Å². The van der Waals surface area contributed by atoms with Crippen LogP contribution < -0.4 is 4.74 Å². The molecule has 0 bridgehead atoms. The number of hydrogen-bond acceptors (Lipinski definition) is 4. The van der Waals surface area contributed by atoms with E-state index in [0.29, 0.717) is 25.9 Å². The van der Waals surface area contributed by atoms with Gasteiger partial charge in [-0.05, 0) is 43.3 Å². The number of halogens is 4. The van der Waals surface area contributed by atoms with Crippen molar-refractivity contribution in [3.8, 4) is 5.75 Å². The van der Waals surface area contributed by atoms with E-state index in [1.165, 1.54) is 11.3 Å². The Kier molecular flexibility index (Phi) is 5.84. The molecular weight excluding hydrogens is 370 g/mol. The zero-order valence-corrected chi connectivity index (χ0v) is 15.0. The van der Waals surface area contributed by atoms with Crippen molar-refractivity contribution in [2.45, 2.75) is 25.5 Å². The summed E-state index contributed by atoms with van der Waals surface area (Å²) in [7, 11) is 0.948. The van der Waals surface area contributed by atoms with E-state index < -0.39 is 40.7 Å². The van der Waals surface area contributed by atoms with Crippen molar-refractivity contribution in [3.63, 3.8) is 0 Å². The van der Waals surface area contributed by atoms with E-state index in [1.54, 1.807) is 4.90 Å². The largest absolute Gasteiger partial charge is 0.491 e. The standard InChI is InChI=1S/C18H19F4NO2S/c1-25-18-15(21)13(19)11(14(20)16(18)22)9-23-6-4-10(5-7-23)17(24)12-3-2-8-26-12/h2-3,8,10,17,24H,4-7,9H2,1H3. The van der Waals surface area contributed by atoms with Gasteiger partial charge in [-0.1, -0.05) is 6.07 Å². The molecule has 0 spiro atoms. The highest BCUT2D eigenvalue weighted by molar-refractivity contribution is 7.10. The molecule has 0 aliphatic carbocycles. The van der Waals surface area contributed by atoms with Crippen LogP contribution in [0.25, 0.3) is 0 Å². The van der Waals surface area contributed by atoms with Crippen LogP contribution in [-0.2, 0) is 6.54 Å². The zero-order valence-electron chi connectivity index (χ0n) is 14.1. The van der Waals surface area contributed by atoms with Crippen LogP contribution in [0.15, 0.2) is 17.5 Å². The van der Waals surface area contributed by atoms with E-state index in [2.05, 4.69) is 4.74 Å². The second-order valence-corrected chi connectivity index (χ2v) is 7.32. The lowest BCUT2D eigenvalue weighted by molar-refractivity contribution is 0.0582. The van der Waals surface area contributed by atoms with Gasteiger partial charge in [0.05, 0.1) is 13.2 Å². The minimum absolute atomic E-state index is 0.0453. The quantitative estimate of drug-likeness (QED) is 0.613. The molecular formula is C18H19F4NO2S. The first-order valence-electron chi connectivity index (χ1n) is 8.26. The summed E-state index contributed by atoms with van der Waals surface area (Å²) >= 11 is 1.48. The number of rotatable bonds is 5. The fraction of sp³-hybridized carbons (Fsp3) is 0.444. The lowest BCUT2D eigenvalue weighted by Crippen LogP contribution is -2.35. The molecule has 2 heterocycles. The Morgan fingerprint density at radius 2 is 1.77 bits per heavy atom. The van der Waals surface area contributed by atoms with Crippen LogP contribution in [-0.4, -0.2) is 30.2 Å². The van der Waals surface area contributed by atoms with Crippen LogP contribution in [0.1, 0.15) is 29.4 Å². The SMILES string of the molecule is COc1c(F)c(F)c(CN2CCC(C(O)c3cccs3)CC2)c(F)c1F. The average molecular weight is 389 g/mol. The average Bonchev–Trinajstić information content (AvgIpc) is 3.19. The molecule has 8 heteroatoms. The maximum Gasteiger partial charge on any atom is 0.204 e. The molecule has 0 radical (unpaired) electrons. The first-order chi connectivity index (χ1) is 12.4. The summed E-state index contributed by atoms with van der Waals surface area (Å²) in [5.41, 5.74) is -0.641. The number of hydrogen-bond donors (Lipinski definition) is 1. The summed E-state index contributed by atoms with van der Waals surface area (Å²) in [6.45, 7) is 0.708. The predicted molar refractivity (Wildman–Crippen MR) is 90.1 cm³/mol. The molecule has 142 valence electrons. The Hall–Kier alpha value is -1.64. The van der Waals surface area contributed by atoms with E-state index in [0.717, 1.165) is 12.0 Å². The summed E-state index contributed by atoms with van der Waals surface area (Å²) < 4.78 is 60.3. The molecule has 3 nitrogen and oxygen atoms in total. The van der Waals surface area contributed by atoms with Gasteiger partial charge in [-0.15, -0.1) is 11.3 Å². The second kappa shape index (κ2) is 7.94. The molecule has 1 aromatic carbocycles. The number of benzene rings is 1. The van der Waals surface area contributed by atoms with Crippen molar-refractivity contribution in [3.05, 3.63) is 51.2 Å². The molecule has 1 atom stereocenters. The number of aliphatic hydroxyl groups excluding tert-OH is 1. The number of thiophene rings is 1. The molecule has 26 heavy (non-hydrogen) atoms. The van der Waals surface area contributed by atoms with Gasteiger partial charge in [-0.2, -0.15) is 8.78 Å². The maximum atomic E-state index is 14.1. The van der Waals surface area contributed by atoms with Gasteiger partial charge in [0.15, 0.2) is 17.4 Å². The minimum Gasteiger partial charge on any atom is -0.491 e. The molecule has 1 unspecified atom stereocenters. The highest BCUT2D eigenvalue weighted by atomic mass is 32.1. The summed E-state index contributed by atoms with van der Waals surface area (Å²) in [5, 5.41) is 12.3. The number of ether oxygens (including phenoxy) is 1. The second-order valence-electron chi connectivity index (χ2n) is 6.34. The Morgan fingerprint density at radius 1 is 1.15 bits per heavy atom. The third-order valence-electron chi connectivity index (χ3n) is 4.81. The van der Waals surface area contributed by atoms with Crippen LogP contribution in [0, 0.1) is 29.2 Å². The minimum atomic E-state index is -1.52. The van der Waals surface area contributed by atoms with Crippen LogP contribution in [0.3, 0.4) is 0 Å². The van der Waals surface area contributed by atoms with Crippen molar-refractivity contribution < 1.29 is 27.4 Å². The summed E-state index contributed by atoms with van der Waals surface area (Å²) in [6, 6.07) is 3.74. The highest BCUT2D eigenvalue weighted by Gasteiger charge is 2.30. The van der Waals surface area contributed by atoms with E-state index in [-0.39, 0.29) is 12.5 Å². The van der Waals surface area contributed by atoms with Gasteiger partial charge in [-0.3, -0.25) is 4.90 Å². The molecule has 0 amide bonds. The lowest BCUT2D eigenvalue weighted by Gasteiger charge is -2.34. The van der Waals surface area contributed by atoms with Crippen molar-refractivity contribution in [1.29, 1.82) is 0 Å². The van der Waals surface area contributed by atoms with Crippen LogP contribution in [0.4, 0.5) is 17.6 Å². The van der Waals surface area contributed by atoms with Crippen molar-refractivity contribution in [2.24, 2.45) is 5.92 Å². The molecule has 1 aromatic heterocycles. The summed E-state index contributed by atoms with van der Waals surface area (Å²) in [5.74, 6) is -6.91. The number of methoxy groups -OCH3 is 1. The normalized spacial score (nSPS) is 17.5. The lowest BCUT2D eigenvalue weighted by atomic mass is 9.90.